The van der Waals surface area contributed by atoms with E-state index in [-0.39, 0.29) is 0 Å². The van der Waals surface area contributed by atoms with Gasteiger partial charge in [0.15, 0.2) is 5.82 Å². The van der Waals surface area contributed by atoms with E-state index in [1.54, 1.807) is 16.9 Å². The average Bonchev–Trinajstić information content (AvgIpc) is 2.78. The maximum atomic E-state index is 6.06. The monoisotopic (exact) mass is 253 g/mol. The maximum Gasteiger partial charge on any atom is 0.172 e. The lowest BCUT2D eigenvalue weighted by Gasteiger charge is -2.03. The molecule has 0 bridgehead atoms. The molecule has 0 aromatic carbocycles. The molecule has 3 N–H and O–H groups in total. The molecule has 0 fully saturated rings. The molecule has 96 valence electrons. The van der Waals surface area contributed by atoms with Crippen LogP contribution >= 0.6 is 0 Å². The largest absolute Gasteiger partial charge is 0.394 e. The zero-order chi connectivity index (χ0) is 13.1. The SMILES string of the molecule is Nc1c(NCCc2ccncc2)nn2ccccc12. The summed E-state index contributed by atoms with van der Waals surface area (Å²) in [7, 11) is 0. The standard InChI is InChI=1S/C14H15N5/c15-13-12-3-1-2-10-19(12)18-14(13)17-9-6-11-4-7-16-8-5-11/h1-5,7-8,10H,6,9,15H2,(H,17,18). The fourth-order valence-electron chi connectivity index (χ4n) is 2.02. The van der Waals surface area contributed by atoms with Crippen molar-refractivity contribution in [2.45, 2.75) is 6.42 Å². The van der Waals surface area contributed by atoms with Gasteiger partial charge >= 0.3 is 0 Å². The molecule has 19 heavy (non-hydrogen) atoms. The second-order valence-corrected chi connectivity index (χ2v) is 4.32. The molecular weight excluding hydrogens is 238 g/mol. The molecule has 3 aromatic rings. The zero-order valence-corrected chi connectivity index (χ0v) is 10.5. The Balaban J connectivity index is 1.70. The predicted octanol–water partition coefficient (Wildman–Crippen LogP) is 1.97. The quantitative estimate of drug-likeness (QED) is 0.746. The normalized spacial score (nSPS) is 10.7. The molecule has 5 nitrogen and oxygen atoms in total. The topological polar surface area (TPSA) is 68.2 Å². The van der Waals surface area contributed by atoms with Gasteiger partial charge in [0.2, 0.25) is 0 Å². The summed E-state index contributed by atoms with van der Waals surface area (Å²) in [5, 5.41) is 7.69. The van der Waals surface area contributed by atoms with E-state index in [1.165, 1.54) is 5.56 Å². The van der Waals surface area contributed by atoms with E-state index in [1.807, 2.05) is 36.5 Å². The van der Waals surface area contributed by atoms with E-state index >= 15 is 0 Å². The van der Waals surface area contributed by atoms with Gasteiger partial charge in [0.1, 0.15) is 5.69 Å². The number of aromatic nitrogens is 3. The van der Waals surface area contributed by atoms with Crippen molar-refractivity contribution in [3.63, 3.8) is 0 Å². The van der Waals surface area contributed by atoms with Crippen LogP contribution in [-0.2, 0) is 6.42 Å². The molecule has 5 heteroatoms. The van der Waals surface area contributed by atoms with Crippen molar-refractivity contribution in [2.24, 2.45) is 0 Å². The number of nitrogens with zero attached hydrogens (tertiary/aromatic N) is 3. The van der Waals surface area contributed by atoms with Crippen molar-refractivity contribution in [1.82, 2.24) is 14.6 Å². The summed E-state index contributed by atoms with van der Waals surface area (Å²) >= 11 is 0. The van der Waals surface area contributed by atoms with Crippen LogP contribution in [0.2, 0.25) is 0 Å². The van der Waals surface area contributed by atoms with Crippen molar-refractivity contribution >= 4 is 17.0 Å². The molecule has 3 heterocycles. The lowest BCUT2D eigenvalue weighted by Crippen LogP contribution is -2.06. The van der Waals surface area contributed by atoms with Crippen LogP contribution in [0.1, 0.15) is 5.56 Å². The highest BCUT2D eigenvalue weighted by atomic mass is 15.3. The summed E-state index contributed by atoms with van der Waals surface area (Å²) in [6.45, 7) is 0.790. The number of nitrogens with two attached hydrogens (primary N) is 1. The number of hydrogen-bond acceptors (Lipinski definition) is 4. The highest BCUT2D eigenvalue weighted by Gasteiger charge is 2.07. The molecule has 0 aliphatic carbocycles. The third-order valence-corrected chi connectivity index (χ3v) is 3.03. The van der Waals surface area contributed by atoms with Crippen molar-refractivity contribution in [2.75, 3.05) is 17.6 Å². The number of pyridine rings is 2. The fraction of sp³-hybridized carbons (Fsp3) is 0.143. The molecule has 0 amide bonds. The first-order chi connectivity index (χ1) is 9.34. The van der Waals surface area contributed by atoms with Gasteiger partial charge in [-0.05, 0) is 36.2 Å². The van der Waals surface area contributed by atoms with E-state index < -0.39 is 0 Å². The van der Waals surface area contributed by atoms with Gasteiger partial charge in [0, 0.05) is 25.1 Å². The zero-order valence-electron chi connectivity index (χ0n) is 10.5. The minimum Gasteiger partial charge on any atom is -0.394 e. The first-order valence-electron chi connectivity index (χ1n) is 6.20. The number of nitrogen functional groups attached to an aromatic ring is 1. The number of anilines is 2. The summed E-state index contributed by atoms with van der Waals surface area (Å²) in [4.78, 5) is 4.00. The molecular formula is C14H15N5. The van der Waals surface area contributed by atoms with E-state index in [2.05, 4.69) is 15.4 Å². The Bertz CT molecular complexity index is 675. The Morgan fingerprint density at radius 1 is 1.16 bits per heavy atom. The van der Waals surface area contributed by atoms with Gasteiger partial charge in [-0.2, -0.15) is 0 Å². The predicted molar refractivity (Wildman–Crippen MR) is 76.0 cm³/mol. The second-order valence-electron chi connectivity index (χ2n) is 4.32. The van der Waals surface area contributed by atoms with Crippen LogP contribution in [0.3, 0.4) is 0 Å². The Kier molecular flexibility index (Phi) is 3.02. The average molecular weight is 253 g/mol. The Hall–Kier alpha value is -2.56. The van der Waals surface area contributed by atoms with Crippen LogP contribution in [0.25, 0.3) is 5.52 Å². The first kappa shape index (κ1) is 11.5. The molecule has 3 rings (SSSR count). The number of rotatable bonds is 4. The van der Waals surface area contributed by atoms with Crippen LogP contribution in [0, 0.1) is 0 Å². The second kappa shape index (κ2) is 4.97. The number of nitrogens with one attached hydrogen (secondary N) is 1. The van der Waals surface area contributed by atoms with Crippen molar-refractivity contribution in [3.05, 3.63) is 54.5 Å². The summed E-state index contributed by atoms with van der Waals surface area (Å²) in [6.07, 6.45) is 6.40. The van der Waals surface area contributed by atoms with Crippen LogP contribution in [-0.4, -0.2) is 21.1 Å². The molecule has 0 spiro atoms. The van der Waals surface area contributed by atoms with Gasteiger partial charge in [-0.3, -0.25) is 4.98 Å². The van der Waals surface area contributed by atoms with Crippen LogP contribution in [0.5, 0.6) is 0 Å². The van der Waals surface area contributed by atoms with Crippen LogP contribution < -0.4 is 11.1 Å². The Labute approximate surface area is 111 Å². The van der Waals surface area contributed by atoms with Gasteiger partial charge < -0.3 is 11.1 Å². The number of fused-ring (bicyclic) bond motifs is 1. The lowest BCUT2D eigenvalue weighted by molar-refractivity contribution is 0.938. The molecule has 0 aliphatic rings. The van der Waals surface area contributed by atoms with Gasteiger partial charge in [0.05, 0.1) is 5.52 Å². The summed E-state index contributed by atoms with van der Waals surface area (Å²) < 4.78 is 1.78. The Morgan fingerprint density at radius 3 is 2.79 bits per heavy atom. The first-order valence-corrected chi connectivity index (χ1v) is 6.20. The van der Waals surface area contributed by atoms with Crippen LogP contribution in [0.15, 0.2) is 48.9 Å². The minimum atomic E-state index is 0.690. The van der Waals surface area contributed by atoms with Gasteiger partial charge in [-0.25, -0.2) is 4.52 Å². The molecule has 0 saturated heterocycles. The smallest absolute Gasteiger partial charge is 0.172 e. The van der Waals surface area contributed by atoms with Gasteiger partial charge in [-0.1, -0.05) is 6.07 Å². The van der Waals surface area contributed by atoms with Crippen LogP contribution in [0.4, 0.5) is 11.5 Å². The number of hydrogen-bond donors (Lipinski definition) is 2. The van der Waals surface area contributed by atoms with E-state index in [0.717, 1.165) is 24.3 Å². The van der Waals surface area contributed by atoms with Crippen molar-refractivity contribution < 1.29 is 0 Å². The lowest BCUT2D eigenvalue weighted by atomic mass is 10.2. The molecule has 0 unspecified atom stereocenters. The molecule has 0 aliphatic heterocycles. The van der Waals surface area contributed by atoms with Gasteiger partial charge in [0.25, 0.3) is 0 Å². The van der Waals surface area contributed by atoms with E-state index in [4.69, 9.17) is 5.73 Å². The van der Waals surface area contributed by atoms with Crippen molar-refractivity contribution in [1.29, 1.82) is 0 Å². The Morgan fingerprint density at radius 2 is 2.00 bits per heavy atom. The van der Waals surface area contributed by atoms with Crippen molar-refractivity contribution in [3.8, 4) is 0 Å². The fourth-order valence-corrected chi connectivity index (χ4v) is 2.02. The third kappa shape index (κ3) is 2.35. The molecule has 3 aromatic heterocycles. The van der Waals surface area contributed by atoms with E-state index in [9.17, 15) is 0 Å². The third-order valence-electron chi connectivity index (χ3n) is 3.03. The highest BCUT2D eigenvalue weighted by molar-refractivity contribution is 5.80. The summed E-state index contributed by atoms with van der Waals surface area (Å²) in [5.41, 5.74) is 8.92. The minimum absolute atomic E-state index is 0.690. The molecule has 0 atom stereocenters. The highest BCUT2D eigenvalue weighted by Crippen LogP contribution is 2.22. The maximum absolute atomic E-state index is 6.06. The summed E-state index contributed by atoms with van der Waals surface area (Å²) in [5.74, 6) is 0.736. The molecule has 0 radical (unpaired) electrons. The van der Waals surface area contributed by atoms with E-state index in [0.29, 0.717) is 5.69 Å². The summed E-state index contributed by atoms with van der Waals surface area (Å²) in [6, 6.07) is 9.86. The van der Waals surface area contributed by atoms with Gasteiger partial charge in [-0.15, -0.1) is 5.10 Å². The molecule has 0 saturated carbocycles.